The first-order valence-electron chi connectivity index (χ1n) is 13.0. The third kappa shape index (κ3) is 6.23. The van der Waals surface area contributed by atoms with Crippen molar-refractivity contribution in [3.8, 4) is 0 Å². The van der Waals surface area contributed by atoms with E-state index in [0.29, 0.717) is 24.4 Å². The van der Waals surface area contributed by atoms with E-state index in [0.717, 1.165) is 63.3 Å². The van der Waals surface area contributed by atoms with Crippen LogP contribution in [-0.2, 0) is 11.3 Å². The second kappa shape index (κ2) is 11.7. The summed E-state index contributed by atoms with van der Waals surface area (Å²) in [4.78, 5) is 17.9. The summed E-state index contributed by atoms with van der Waals surface area (Å²) < 4.78 is 19.0. The molecule has 6 heteroatoms. The molecule has 2 atom stereocenters. The highest BCUT2D eigenvalue weighted by Gasteiger charge is 2.38. The van der Waals surface area contributed by atoms with Gasteiger partial charge in [-0.15, -0.1) is 0 Å². The van der Waals surface area contributed by atoms with Crippen LogP contribution < -0.4 is 0 Å². The van der Waals surface area contributed by atoms with Crippen molar-refractivity contribution in [2.24, 2.45) is 11.8 Å². The van der Waals surface area contributed by atoms with E-state index < -0.39 is 0 Å². The molecular formula is C30H35FN2O2S. The summed E-state index contributed by atoms with van der Waals surface area (Å²) in [7, 11) is 0. The summed E-state index contributed by atoms with van der Waals surface area (Å²) in [6, 6.07) is 16.7. The molecule has 1 amide bonds. The SMILES string of the molecule is Cc1ccc(C(=O)N2CC(CN3CCC(COCc4ccc(F)cc4)CC3)C(c3ccsc3)C2)cc1. The molecule has 190 valence electrons. The quantitative estimate of drug-likeness (QED) is 0.377. The predicted molar refractivity (Wildman–Crippen MR) is 143 cm³/mol. The van der Waals surface area contributed by atoms with Gasteiger partial charge in [-0.25, -0.2) is 4.39 Å². The molecule has 0 aliphatic carbocycles. The van der Waals surface area contributed by atoms with E-state index in [4.69, 9.17) is 4.74 Å². The van der Waals surface area contributed by atoms with E-state index in [1.165, 1.54) is 23.3 Å². The van der Waals surface area contributed by atoms with Gasteiger partial charge in [0, 0.05) is 37.7 Å². The minimum atomic E-state index is -0.211. The Balaban J connectivity index is 1.13. The molecule has 2 aliphatic rings. The largest absolute Gasteiger partial charge is 0.376 e. The standard InChI is InChI=1S/C30H35FN2O2S/c1-22-2-6-25(7-3-22)30(34)33-17-27(29(18-33)26-12-15-36-21-26)16-32-13-10-24(11-14-32)20-35-19-23-4-8-28(31)9-5-23/h2-9,12,15,21,24,27,29H,10-11,13-14,16-20H2,1H3. The second-order valence-electron chi connectivity index (χ2n) is 10.4. The van der Waals surface area contributed by atoms with Gasteiger partial charge < -0.3 is 14.5 Å². The fraction of sp³-hybridized carbons (Fsp3) is 0.433. The highest BCUT2D eigenvalue weighted by atomic mass is 32.1. The molecule has 0 spiro atoms. The van der Waals surface area contributed by atoms with Gasteiger partial charge in [0.2, 0.25) is 0 Å². The van der Waals surface area contributed by atoms with Crippen molar-refractivity contribution < 1.29 is 13.9 Å². The van der Waals surface area contributed by atoms with Crippen LogP contribution in [0, 0.1) is 24.6 Å². The second-order valence-corrected chi connectivity index (χ2v) is 11.2. The van der Waals surface area contributed by atoms with Crippen LogP contribution in [0.1, 0.15) is 45.8 Å². The van der Waals surface area contributed by atoms with Gasteiger partial charge in [0.1, 0.15) is 5.82 Å². The normalized spacial score (nSPS) is 21.2. The highest BCUT2D eigenvalue weighted by Crippen LogP contribution is 2.36. The lowest BCUT2D eigenvalue weighted by Crippen LogP contribution is -2.39. The number of ether oxygens (including phenoxy) is 1. The molecule has 1 aromatic heterocycles. The molecule has 0 saturated carbocycles. The van der Waals surface area contributed by atoms with Crippen LogP contribution in [0.25, 0.3) is 0 Å². The molecule has 0 N–H and O–H groups in total. The lowest BCUT2D eigenvalue weighted by Gasteiger charge is -2.34. The summed E-state index contributed by atoms with van der Waals surface area (Å²) in [6.07, 6.45) is 2.26. The first-order valence-corrected chi connectivity index (χ1v) is 13.9. The van der Waals surface area contributed by atoms with E-state index in [1.807, 2.05) is 31.2 Å². The summed E-state index contributed by atoms with van der Waals surface area (Å²) in [5.41, 5.74) is 4.34. The van der Waals surface area contributed by atoms with Gasteiger partial charge in [-0.1, -0.05) is 29.8 Å². The van der Waals surface area contributed by atoms with Crippen LogP contribution >= 0.6 is 11.3 Å². The van der Waals surface area contributed by atoms with E-state index >= 15 is 0 Å². The Morgan fingerprint density at radius 3 is 2.47 bits per heavy atom. The minimum Gasteiger partial charge on any atom is -0.376 e. The Hall–Kier alpha value is -2.54. The average molecular weight is 507 g/mol. The molecule has 36 heavy (non-hydrogen) atoms. The number of likely N-dealkylation sites (tertiary alicyclic amines) is 2. The number of carbonyl (C=O) groups is 1. The Kier molecular flexibility index (Phi) is 8.15. The number of hydrogen-bond acceptors (Lipinski definition) is 4. The van der Waals surface area contributed by atoms with Gasteiger partial charge in [-0.3, -0.25) is 4.79 Å². The van der Waals surface area contributed by atoms with Crippen LogP contribution in [0.4, 0.5) is 4.39 Å². The Morgan fingerprint density at radius 2 is 1.78 bits per heavy atom. The number of piperidine rings is 1. The molecule has 4 nitrogen and oxygen atoms in total. The van der Waals surface area contributed by atoms with Gasteiger partial charge >= 0.3 is 0 Å². The monoisotopic (exact) mass is 506 g/mol. The average Bonchev–Trinajstić information content (AvgIpc) is 3.57. The number of benzene rings is 2. The lowest BCUT2D eigenvalue weighted by atomic mass is 9.89. The molecule has 0 radical (unpaired) electrons. The maximum atomic E-state index is 13.3. The Labute approximate surface area is 217 Å². The molecule has 2 fully saturated rings. The Bertz CT molecular complexity index is 1110. The van der Waals surface area contributed by atoms with Crippen LogP contribution in [0.5, 0.6) is 0 Å². The molecular weight excluding hydrogens is 471 g/mol. The first kappa shape index (κ1) is 25.1. The van der Waals surface area contributed by atoms with Crippen molar-refractivity contribution in [3.63, 3.8) is 0 Å². The summed E-state index contributed by atoms with van der Waals surface area (Å²) in [5.74, 6) is 1.34. The fourth-order valence-electron chi connectivity index (χ4n) is 5.56. The molecule has 5 rings (SSSR count). The minimum absolute atomic E-state index is 0.148. The fourth-order valence-corrected chi connectivity index (χ4v) is 6.28. The first-order chi connectivity index (χ1) is 17.5. The zero-order valence-electron chi connectivity index (χ0n) is 20.9. The number of thiophene rings is 1. The van der Waals surface area contributed by atoms with Crippen molar-refractivity contribution in [2.45, 2.75) is 32.3 Å². The number of carbonyl (C=O) groups excluding carboxylic acids is 1. The molecule has 3 heterocycles. The predicted octanol–water partition coefficient (Wildman–Crippen LogP) is 5.98. The van der Waals surface area contributed by atoms with Crippen molar-refractivity contribution in [3.05, 3.63) is 93.4 Å². The molecule has 2 unspecified atom stereocenters. The van der Waals surface area contributed by atoms with Crippen molar-refractivity contribution in [1.29, 1.82) is 0 Å². The number of rotatable bonds is 8. The van der Waals surface area contributed by atoms with Gasteiger partial charge in [0.15, 0.2) is 0 Å². The number of halogens is 1. The summed E-state index contributed by atoms with van der Waals surface area (Å²) in [5, 5.41) is 4.40. The smallest absolute Gasteiger partial charge is 0.253 e. The summed E-state index contributed by atoms with van der Waals surface area (Å²) in [6.45, 7) is 8.12. The van der Waals surface area contributed by atoms with Crippen molar-refractivity contribution in [1.82, 2.24) is 9.80 Å². The number of amides is 1. The number of nitrogens with zero attached hydrogens (tertiary/aromatic N) is 2. The number of hydrogen-bond donors (Lipinski definition) is 0. The summed E-state index contributed by atoms with van der Waals surface area (Å²) >= 11 is 1.74. The van der Waals surface area contributed by atoms with Gasteiger partial charge in [0.25, 0.3) is 5.91 Å². The zero-order valence-corrected chi connectivity index (χ0v) is 21.8. The van der Waals surface area contributed by atoms with E-state index in [2.05, 4.69) is 26.6 Å². The van der Waals surface area contributed by atoms with Gasteiger partial charge in [0.05, 0.1) is 6.61 Å². The van der Waals surface area contributed by atoms with Gasteiger partial charge in [-0.2, -0.15) is 11.3 Å². The van der Waals surface area contributed by atoms with Crippen LogP contribution in [0.15, 0.2) is 65.4 Å². The van der Waals surface area contributed by atoms with E-state index in [9.17, 15) is 9.18 Å². The van der Waals surface area contributed by atoms with Crippen molar-refractivity contribution >= 4 is 17.2 Å². The van der Waals surface area contributed by atoms with Crippen LogP contribution in [0.3, 0.4) is 0 Å². The molecule has 3 aromatic rings. The molecule has 2 aromatic carbocycles. The zero-order chi connectivity index (χ0) is 24.9. The lowest BCUT2D eigenvalue weighted by molar-refractivity contribution is 0.0539. The third-order valence-electron chi connectivity index (χ3n) is 7.73. The number of aryl methyl sites for hydroxylation is 1. The highest BCUT2D eigenvalue weighted by molar-refractivity contribution is 7.08. The van der Waals surface area contributed by atoms with E-state index in [-0.39, 0.29) is 11.7 Å². The molecule has 2 saturated heterocycles. The maximum absolute atomic E-state index is 13.3. The van der Waals surface area contributed by atoms with E-state index in [1.54, 1.807) is 23.5 Å². The van der Waals surface area contributed by atoms with Gasteiger partial charge in [-0.05, 0) is 96.9 Å². The van der Waals surface area contributed by atoms with Crippen LogP contribution in [0.2, 0.25) is 0 Å². The Morgan fingerprint density at radius 1 is 1.03 bits per heavy atom. The topological polar surface area (TPSA) is 32.8 Å². The van der Waals surface area contributed by atoms with Crippen molar-refractivity contribution in [2.75, 3.05) is 39.3 Å². The third-order valence-corrected chi connectivity index (χ3v) is 8.43. The molecule has 2 aliphatic heterocycles. The van der Waals surface area contributed by atoms with Crippen LogP contribution in [-0.4, -0.2) is 55.0 Å². The molecule has 0 bridgehead atoms. The maximum Gasteiger partial charge on any atom is 0.253 e.